The molecule has 2 aromatic heterocycles. The number of amides is 2. The van der Waals surface area contributed by atoms with Gasteiger partial charge in [0.1, 0.15) is 23.0 Å². The van der Waals surface area contributed by atoms with Gasteiger partial charge in [0, 0.05) is 97.0 Å². The molecule has 316 valence electrons. The maximum Gasteiger partial charge on any atom is 0.248 e. The summed E-state index contributed by atoms with van der Waals surface area (Å²) in [6.07, 6.45) is 10.2. The summed E-state index contributed by atoms with van der Waals surface area (Å²) >= 11 is 0. The van der Waals surface area contributed by atoms with Crippen LogP contribution in [0.5, 0.6) is 23.0 Å². The number of aromatic hydroxyl groups is 1. The van der Waals surface area contributed by atoms with E-state index >= 15 is 0 Å². The third-order valence-electron chi connectivity index (χ3n) is 12.2. The first-order valence-electron chi connectivity index (χ1n) is 21.1. The minimum atomic E-state index is -0.394. The Hall–Kier alpha value is -5.98. The van der Waals surface area contributed by atoms with Crippen LogP contribution >= 0.6 is 0 Å². The van der Waals surface area contributed by atoms with Crippen LogP contribution in [0.4, 0.5) is 0 Å². The average molecular weight is 815 g/mol. The average Bonchev–Trinajstić information content (AvgIpc) is 3.90. The third kappa shape index (κ3) is 9.56. The van der Waals surface area contributed by atoms with E-state index in [0.717, 1.165) is 128 Å². The van der Waals surface area contributed by atoms with Crippen molar-refractivity contribution in [2.45, 2.75) is 57.5 Å². The molecule has 0 unspecified atom stereocenters. The Morgan fingerprint density at radius 1 is 0.633 bits per heavy atom. The molecule has 0 aliphatic carbocycles. The molecule has 0 radical (unpaired) electrons. The van der Waals surface area contributed by atoms with Crippen LogP contribution in [0.1, 0.15) is 76.5 Å². The Bertz CT molecular complexity index is 2410. The Kier molecular flexibility index (Phi) is 13.6. The van der Waals surface area contributed by atoms with Gasteiger partial charge < -0.3 is 49.7 Å². The van der Waals surface area contributed by atoms with Crippen molar-refractivity contribution < 1.29 is 28.9 Å². The second kappa shape index (κ2) is 19.4. The monoisotopic (exact) mass is 814 g/mol. The molecular weight excluding hydrogens is 757 g/mol. The fourth-order valence-electron chi connectivity index (χ4n) is 8.89. The van der Waals surface area contributed by atoms with Gasteiger partial charge in [-0.15, -0.1) is 0 Å². The Morgan fingerprint density at radius 3 is 1.55 bits per heavy atom. The molecule has 12 nitrogen and oxygen atoms in total. The molecular formula is C48H58N6O6. The number of nitrogens with zero attached hydrogens (tertiary/aromatic N) is 4. The number of rotatable bonds is 14. The first kappa shape index (κ1) is 42.2. The minimum Gasteiger partial charge on any atom is -0.508 e. The second-order valence-electron chi connectivity index (χ2n) is 15.7. The number of carbonyl (C=O) groups is 2. The molecule has 12 heteroatoms. The minimum absolute atomic E-state index is 0.295. The lowest BCUT2D eigenvalue weighted by atomic mass is 10.0. The highest BCUT2D eigenvalue weighted by atomic mass is 16.5. The number of hydrogen-bond acceptors (Lipinski definition) is 8. The lowest BCUT2D eigenvalue weighted by molar-refractivity contribution is 0.0992. The molecule has 0 spiro atoms. The molecule has 4 aromatic carbocycles. The van der Waals surface area contributed by atoms with Gasteiger partial charge in [-0.1, -0.05) is 24.3 Å². The smallest absolute Gasteiger partial charge is 0.248 e. The number of fused-ring (bicyclic) bond motifs is 2. The summed E-state index contributed by atoms with van der Waals surface area (Å²) in [4.78, 5) is 28.1. The number of nitrogens with two attached hydrogens (primary N) is 2. The molecule has 2 amide bonds. The largest absolute Gasteiger partial charge is 0.508 e. The van der Waals surface area contributed by atoms with Crippen molar-refractivity contribution in [1.82, 2.24) is 18.9 Å². The summed E-state index contributed by atoms with van der Waals surface area (Å²) in [6.45, 7) is 8.59. The molecule has 2 aliphatic rings. The molecule has 6 aromatic rings. The van der Waals surface area contributed by atoms with Gasteiger partial charge in [-0.2, -0.15) is 0 Å². The highest BCUT2D eigenvalue weighted by Crippen LogP contribution is 2.33. The van der Waals surface area contributed by atoms with E-state index in [1.165, 1.54) is 0 Å². The van der Waals surface area contributed by atoms with Crippen LogP contribution < -0.4 is 25.7 Å². The first-order chi connectivity index (χ1) is 29.2. The molecule has 0 saturated carbocycles. The van der Waals surface area contributed by atoms with Gasteiger partial charge in [0.25, 0.3) is 0 Å². The summed E-state index contributed by atoms with van der Waals surface area (Å²) in [7, 11) is 3.35. The number of carbonyl (C=O) groups excluding carboxylic acids is 2. The van der Waals surface area contributed by atoms with Crippen LogP contribution in [0, 0.1) is 0 Å². The Balaban J connectivity index is 0.000000182. The van der Waals surface area contributed by atoms with Crippen LogP contribution in [0.25, 0.3) is 21.8 Å². The van der Waals surface area contributed by atoms with Crippen molar-refractivity contribution in [3.8, 4) is 23.0 Å². The van der Waals surface area contributed by atoms with Crippen LogP contribution in [0.15, 0.2) is 97.3 Å². The maximum atomic E-state index is 11.6. The molecule has 0 atom stereocenters. The zero-order valence-electron chi connectivity index (χ0n) is 35.0. The molecule has 8 rings (SSSR count). The van der Waals surface area contributed by atoms with Crippen LogP contribution in [0.2, 0.25) is 0 Å². The predicted octanol–water partition coefficient (Wildman–Crippen LogP) is 7.36. The lowest BCUT2D eigenvalue weighted by Crippen LogP contribution is -2.36. The van der Waals surface area contributed by atoms with Crippen LogP contribution in [-0.4, -0.2) is 95.9 Å². The summed E-state index contributed by atoms with van der Waals surface area (Å²) in [6, 6.07) is 27.8. The van der Waals surface area contributed by atoms with E-state index in [9.17, 15) is 14.7 Å². The Labute approximate surface area is 352 Å². The lowest BCUT2D eigenvalue weighted by Gasteiger charge is -2.33. The molecule has 2 fully saturated rings. The number of primary amides is 2. The molecule has 2 aliphatic heterocycles. The summed E-state index contributed by atoms with van der Waals surface area (Å²) in [5.41, 5.74) is 16.2. The number of ether oxygens (including phenoxy) is 3. The number of benzene rings is 4. The first-order valence-corrected chi connectivity index (χ1v) is 21.1. The Morgan fingerprint density at radius 2 is 1.08 bits per heavy atom. The van der Waals surface area contributed by atoms with E-state index in [-0.39, 0.29) is 5.91 Å². The number of piperidine rings is 2. The fraction of sp³-hybridized carbons (Fsp3) is 0.375. The molecule has 4 heterocycles. The van der Waals surface area contributed by atoms with E-state index in [2.05, 4.69) is 43.5 Å². The predicted molar refractivity (Wildman–Crippen MR) is 237 cm³/mol. The SMILES string of the molecule is CCOc1cccc(OC)c1CCN1CCC(n2ccc3ccc(C(N)=O)cc32)CC1.COc1cccc(O)c1CCN1CCC(n2ccc3ccc(C(N)=O)cc32)CC1. The number of likely N-dealkylation sites (tertiary alicyclic amines) is 2. The molecule has 5 N–H and O–H groups in total. The normalized spacial score (nSPS) is 15.4. The summed E-state index contributed by atoms with van der Waals surface area (Å²) in [5.74, 6) is 2.07. The second-order valence-corrected chi connectivity index (χ2v) is 15.7. The fourth-order valence-corrected chi connectivity index (χ4v) is 8.89. The topological polar surface area (TPSA) is 150 Å². The molecule has 2 saturated heterocycles. The number of hydrogen-bond donors (Lipinski definition) is 3. The van der Waals surface area contributed by atoms with Crippen molar-refractivity contribution in [3.05, 3.63) is 120 Å². The number of phenols is 1. The number of aromatic nitrogens is 2. The molecule has 60 heavy (non-hydrogen) atoms. The van der Waals surface area contributed by atoms with E-state index in [1.54, 1.807) is 38.5 Å². The van der Waals surface area contributed by atoms with Crippen molar-refractivity contribution in [2.75, 3.05) is 60.1 Å². The van der Waals surface area contributed by atoms with E-state index < -0.39 is 5.91 Å². The molecule has 0 bridgehead atoms. The van der Waals surface area contributed by atoms with Gasteiger partial charge in [0.15, 0.2) is 0 Å². The van der Waals surface area contributed by atoms with Gasteiger partial charge >= 0.3 is 0 Å². The highest BCUT2D eigenvalue weighted by Gasteiger charge is 2.24. The maximum absolute atomic E-state index is 11.6. The van der Waals surface area contributed by atoms with Crippen molar-refractivity contribution >= 4 is 33.6 Å². The zero-order valence-corrected chi connectivity index (χ0v) is 35.0. The number of phenolic OH excluding ortho intramolecular Hbond substituents is 1. The van der Waals surface area contributed by atoms with Gasteiger partial charge in [-0.3, -0.25) is 9.59 Å². The quantitative estimate of drug-likeness (QED) is 0.103. The highest BCUT2D eigenvalue weighted by molar-refractivity contribution is 5.97. The van der Waals surface area contributed by atoms with E-state index in [1.807, 2.05) is 55.5 Å². The van der Waals surface area contributed by atoms with Crippen LogP contribution in [0.3, 0.4) is 0 Å². The van der Waals surface area contributed by atoms with Gasteiger partial charge in [0.2, 0.25) is 11.8 Å². The third-order valence-corrected chi connectivity index (χ3v) is 12.2. The zero-order chi connectivity index (χ0) is 42.2. The van der Waals surface area contributed by atoms with Gasteiger partial charge in [-0.25, -0.2) is 0 Å². The summed E-state index contributed by atoms with van der Waals surface area (Å²) in [5, 5.41) is 12.4. The van der Waals surface area contributed by atoms with Crippen molar-refractivity contribution in [3.63, 3.8) is 0 Å². The number of methoxy groups -OCH3 is 2. The van der Waals surface area contributed by atoms with Crippen molar-refractivity contribution in [2.24, 2.45) is 11.5 Å². The van der Waals surface area contributed by atoms with Gasteiger partial charge in [-0.05, 0) is 117 Å². The van der Waals surface area contributed by atoms with E-state index in [4.69, 9.17) is 25.7 Å². The standard InChI is InChI=1S/C25H31N3O3.C23H27N3O3/c1-3-31-24-6-4-5-23(30-2)21(24)12-15-27-13-10-20(11-14-27)28-16-9-18-7-8-19(25(26)29)17-22(18)28;1-29-22-4-2-3-21(27)19(22)10-13-25-11-8-18(9-12-25)26-14-7-16-5-6-17(23(24)28)15-20(16)26/h4-9,16-17,20H,3,10-15H2,1-2H3,(H2,26,29);2-7,14-15,18,27H,8-13H2,1H3,(H2,24,28). The summed E-state index contributed by atoms with van der Waals surface area (Å²) < 4.78 is 21.4. The van der Waals surface area contributed by atoms with E-state index in [0.29, 0.717) is 35.6 Å². The van der Waals surface area contributed by atoms with Gasteiger partial charge in [0.05, 0.1) is 20.8 Å². The van der Waals surface area contributed by atoms with Crippen molar-refractivity contribution in [1.29, 1.82) is 0 Å². The van der Waals surface area contributed by atoms with Crippen LogP contribution in [-0.2, 0) is 12.8 Å².